The molecule has 0 saturated carbocycles. The van der Waals surface area contributed by atoms with E-state index >= 15 is 0 Å². The normalized spacial score (nSPS) is 10.2. The Labute approximate surface area is 107 Å². The summed E-state index contributed by atoms with van der Waals surface area (Å²) in [5.74, 6) is -0.197. The Kier molecular flexibility index (Phi) is 5.09. The van der Waals surface area contributed by atoms with Crippen molar-refractivity contribution < 1.29 is 14.6 Å². The molecule has 0 bridgehead atoms. The minimum Gasteiger partial charge on any atom is -0.492 e. The third-order valence-electron chi connectivity index (χ3n) is 1.98. The summed E-state index contributed by atoms with van der Waals surface area (Å²) in [4.78, 5) is 10.3. The van der Waals surface area contributed by atoms with Crippen LogP contribution in [0.2, 0.25) is 5.02 Å². The highest BCUT2D eigenvalue weighted by Gasteiger charge is 2.07. The number of rotatable bonds is 5. The maximum absolute atomic E-state index is 10.3. The summed E-state index contributed by atoms with van der Waals surface area (Å²) in [6.07, 6.45) is 0.578. The monoisotopic (exact) mass is 306 g/mol. The molecule has 0 spiro atoms. The SMILES string of the molecule is Cc1cc(Br)cc(Cl)c1OCCCC(=O)O. The second-order valence-electron chi connectivity index (χ2n) is 3.38. The van der Waals surface area contributed by atoms with Crippen molar-refractivity contribution in [1.29, 1.82) is 0 Å². The fourth-order valence-electron chi connectivity index (χ4n) is 1.27. The van der Waals surface area contributed by atoms with E-state index in [1.54, 1.807) is 6.07 Å². The molecule has 0 fully saturated rings. The number of halogens is 2. The standard InChI is InChI=1S/C11H12BrClO3/c1-7-5-8(12)6-9(13)11(7)16-4-2-3-10(14)15/h5-6H,2-4H2,1H3,(H,14,15). The maximum atomic E-state index is 10.3. The van der Waals surface area contributed by atoms with Gasteiger partial charge in [0.1, 0.15) is 5.75 Å². The van der Waals surface area contributed by atoms with Gasteiger partial charge in [-0.1, -0.05) is 27.5 Å². The number of hydrogen-bond acceptors (Lipinski definition) is 2. The summed E-state index contributed by atoms with van der Waals surface area (Å²) in [6, 6.07) is 3.65. The van der Waals surface area contributed by atoms with Gasteiger partial charge >= 0.3 is 5.97 Å². The van der Waals surface area contributed by atoms with Crippen molar-refractivity contribution >= 4 is 33.5 Å². The molecule has 1 aromatic carbocycles. The first-order valence-corrected chi connectivity index (χ1v) is 5.98. The fourth-order valence-corrected chi connectivity index (χ4v) is 2.29. The summed E-state index contributed by atoms with van der Waals surface area (Å²) in [5, 5.41) is 9.00. The Morgan fingerprint density at radius 2 is 2.25 bits per heavy atom. The second-order valence-corrected chi connectivity index (χ2v) is 4.70. The summed E-state index contributed by atoms with van der Waals surface area (Å²) in [5.41, 5.74) is 0.926. The summed E-state index contributed by atoms with van der Waals surface area (Å²) >= 11 is 9.34. The lowest BCUT2D eigenvalue weighted by molar-refractivity contribution is -0.137. The molecule has 0 unspecified atom stereocenters. The van der Waals surface area contributed by atoms with Gasteiger partial charge in [0.2, 0.25) is 0 Å². The van der Waals surface area contributed by atoms with Crippen LogP contribution in [0, 0.1) is 6.92 Å². The second kappa shape index (κ2) is 6.11. The Hall–Kier alpha value is -0.740. The van der Waals surface area contributed by atoms with Crippen molar-refractivity contribution in [2.75, 3.05) is 6.61 Å². The molecule has 5 heteroatoms. The number of carbonyl (C=O) groups is 1. The molecule has 1 aromatic rings. The Morgan fingerprint density at radius 1 is 1.56 bits per heavy atom. The summed E-state index contributed by atoms with van der Waals surface area (Å²) in [7, 11) is 0. The van der Waals surface area contributed by atoms with Crippen LogP contribution < -0.4 is 4.74 Å². The van der Waals surface area contributed by atoms with Crippen LogP contribution in [0.15, 0.2) is 16.6 Å². The average molecular weight is 308 g/mol. The minimum atomic E-state index is -0.817. The lowest BCUT2D eigenvalue weighted by Gasteiger charge is -2.10. The van der Waals surface area contributed by atoms with E-state index in [9.17, 15) is 4.79 Å². The number of carboxylic acids is 1. The molecule has 0 aliphatic heterocycles. The van der Waals surface area contributed by atoms with E-state index in [0.29, 0.717) is 23.8 Å². The highest BCUT2D eigenvalue weighted by molar-refractivity contribution is 9.10. The molecule has 0 heterocycles. The first-order chi connectivity index (χ1) is 7.50. The van der Waals surface area contributed by atoms with Crippen LogP contribution in [0.4, 0.5) is 0 Å². The molecule has 16 heavy (non-hydrogen) atoms. The van der Waals surface area contributed by atoms with Gasteiger partial charge in [0.15, 0.2) is 0 Å². The first-order valence-electron chi connectivity index (χ1n) is 4.81. The van der Waals surface area contributed by atoms with Gasteiger partial charge in [-0.2, -0.15) is 0 Å². The van der Waals surface area contributed by atoms with E-state index in [2.05, 4.69) is 15.9 Å². The highest BCUT2D eigenvalue weighted by atomic mass is 79.9. The molecule has 0 atom stereocenters. The number of carboxylic acid groups (broad SMARTS) is 1. The Morgan fingerprint density at radius 3 is 2.81 bits per heavy atom. The van der Waals surface area contributed by atoms with E-state index in [0.717, 1.165) is 10.0 Å². The van der Waals surface area contributed by atoms with E-state index in [1.165, 1.54) is 0 Å². The van der Waals surface area contributed by atoms with Crippen LogP contribution >= 0.6 is 27.5 Å². The van der Waals surface area contributed by atoms with Crippen LogP contribution in [-0.4, -0.2) is 17.7 Å². The quantitative estimate of drug-likeness (QED) is 0.845. The molecule has 0 radical (unpaired) electrons. The van der Waals surface area contributed by atoms with Gasteiger partial charge in [-0.25, -0.2) is 0 Å². The summed E-state index contributed by atoms with van der Waals surface area (Å²) in [6.45, 7) is 2.25. The molecule has 3 nitrogen and oxygen atoms in total. The predicted octanol–water partition coefficient (Wildman–Crippen LogP) is 3.65. The van der Waals surface area contributed by atoms with Crippen LogP contribution in [0.25, 0.3) is 0 Å². The van der Waals surface area contributed by atoms with Crippen molar-refractivity contribution in [2.45, 2.75) is 19.8 Å². The van der Waals surface area contributed by atoms with Crippen molar-refractivity contribution in [2.24, 2.45) is 0 Å². The Balaban J connectivity index is 2.57. The number of aliphatic carboxylic acids is 1. The molecule has 0 aromatic heterocycles. The third kappa shape index (κ3) is 4.02. The molecule has 0 saturated heterocycles. The first kappa shape index (κ1) is 13.3. The number of benzene rings is 1. The van der Waals surface area contributed by atoms with Crippen molar-refractivity contribution in [1.82, 2.24) is 0 Å². The molecule has 88 valence electrons. The lowest BCUT2D eigenvalue weighted by atomic mass is 10.2. The van der Waals surface area contributed by atoms with Gasteiger partial charge in [-0.3, -0.25) is 4.79 Å². The zero-order valence-corrected chi connectivity index (χ0v) is 11.1. The molecular formula is C11H12BrClO3. The van der Waals surface area contributed by atoms with Gasteiger partial charge < -0.3 is 9.84 Å². The van der Waals surface area contributed by atoms with Crippen LogP contribution in [0.1, 0.15) is 18.4 Å². The number of hydrogen-bond donors (Lipinski definition) is 1. The average Bonchev–Trinajstić information content (AvgIpc) is 2.14. The third-order valence-corrected chi connectivity index (χ3v) is 2.71. The van der Waals surface area contributed by atoms with Gasteiger partial charge in [0.25, 0.3) is 0 Å². The largest absolute Gasteiger partial charge is 0.492 e. The molecular weight excluding hydrogens is 295 g/mol. The molecule has 0 amide bonds. The van der Waals surface area contributed by atoms with Crippen LogP contribution in [0.5, 0.6) is 5.75 Å². The molecule has 0 aliphatic rings. The minimum absolute atomic E-state index is 0.104. The zero-order chi connectivity index (χ0) is 12.1. The van der Waals surface area contributed by atoms with E-state index in [-0.39, 0.29) is 6.42 Å². The zero-order valence-electron chi connectivity index (χ0n) is 8.80. The lowest BCUT2D eigenvalue weighted by Crippen LogP contribution is -2.03. The van der Waals surface area contributed by atoms with Gasteiger partial charge in [0, 0.05) is 10.9 Å². The highest BCUT2D eigenvalue weighted by Crippen LogP contribution is 2.32. The molecule has 1 rings (SSSR count). The van der Waals surface area contributed by atoms with E-state index in [1.807, 2.05) is 13.0 Å². The van der Waals surface area contributed by atoms with E-state index in [4.69, 9.17) is 21.4 Å². The van der Waals surface area contributed by atoms with E-state index < -0.39 is 5.97 Å². The van der Waals surface area contributed by atoms with Crippen LogP contribution in [-0.2, 0) is 4.79 Å². The molecule has 1 N–H and O–H groups in total. The smallest absolute Gasteiger partial charge is 0.303 e. The molecule has 0 aliphatic carbocycles. The fraction of sp³-hybridized carbons (Fsp3) is 0.364. The van der Waals surface area contributed by atoms with Crippen LogP contribution in [0.3, 0.4) is 0 Å². The van der Waals surface area contributed by atoms with Gasteiger partial charge in [0.05, 0.1) is 11.6 Å². The number of ether oxygens (including phenoxy) is 1. The van der Waals surface area contributed by atoms with Crippen molar-refractivity contribution in [3.8, 4) is 5.75 Å². The summed E-state index contributed by atoms with van der Waals surface area (Å²) < 4.78 is 6.35. The Bertz CT molecular complexity index is 370. The van der Waals surface area contributed by atoms with Crippen molar-refractivity contribution in [3.05, 3.63) is 27.2 Å². The number of aryl methyl sites for hydroxylation is 1. The van der Waals surface area contributed by atoms with Gasteiger partial charge in [-0.05, 0) is 31.0 Å². The van der Waals surface area contributed by atoms with Gasteiger partial charge in [-0.15, -0.1) is 0 Å². The van der Waals surface area contributed by atoms with Crippen molar-refractivity contribution in [3.63, 3.8) is 0 Å². The topological polar surface area (TPSA) is 46.5 Å². The predicted molar refractivity (Wildman–Crippen MR) is 66.3 cm³/mol. The maximum Gasteiger partial charge on any atom is 0.303 e.